The molecular weight excluding hydrogens is 284 g/mol. The van der Waals surface area contributed by atoms with E-state index in [1.165, 1.54) is 0 Å². The molecule has 98 valence electrons. The van der Waals surface area contributed by atoms with Crippen LogP contribution in [0.2, 0.25) is 0 Å². The number of allylic oxidation sites excluding steroid dienone is 1. The predicted octanol–water partition coefficient (Wildman–Crippen LogP) is 3.90. The fourth-order valence-corrected chi connectivity index (χ4v) is 2.83. The van der Waals surface area contributed by atoms with Crippen LogP contribution < -0.4 is 0 Å². The minimum Gasteiger partial charge on any atom is -0.276 e. The van der Waals surface area contributed by atoms with Gasteiger partial charge in [-0.15, -0.1) is 0 Å². The average Bonchev–Trinajstić information content (AvgIpc) is 2.84. The Morgan fingerprint density at radius 1 is 0.905 bits per heavy atom. The van der Waals surface area contributed by atoms with Crippen molar-refractivity contribution in [3.8, 4) is 23.3 Å². The van der Waals surface area contributed by atoms with Gasteiger partial charge < -0.3 is 0 Å². The highest BCUT2D eigenvalue weighted by Gasteiger charge is 2.29. The Balaban J connectivity index is 2.52. The summed E-state index contributed by atoms with van der Waals surface area (Å²) in [7, 11) is 0. The highest BCUT2D eigenvalue weighted by atomic mass is 35.5. The summed E-state index contributed by atoms with van der Waals surface area (Å²) < 4.78 is 0. The molecule has 2 aromatic rings. The lowest BCUT2D eigenvalue weighted by Gasteiger charge is -2.06. The molecule has 3 rings (SSSR count). The largest absolute Gasteiger partial charge is 0.276 e. The Labute approximate surface area is 126 Å². The molecule has 0 spiro atoms. The highest BCUT2D eigenvalue weighted by molar-refractivity contribution is 6.68. The molecule has 0 aliphatic heterocycles. The van der Waals surface area contributed by atoms with Crippen molar-refractivity contribution in [2.75, 3.05) is 0 Å². The standard InChI is InChI=1S/C17H7ClN2O/c18-17(21)14-7-3-6-13-11-4-1-2-5-12(11)15(16(13)14)10(8-19)9-20/h1-7H. The van der Waals surface area contributed by atoms with Crippen molar-refractivity contribution in [2.45, 2.75) is 0 Å². The van der Waals surface area contributed by atoms with Crippen LogP contribution in [-0.2, 0) is 0 Å². The molecule has 0 unspecified atom stereocenters. The van der Waals surface area contributed by atoms with E-state index in [2.05, 4.69) is 0 Å². The number of nitriles is 2. The van der Waals surface area contributed by atoms with Crippen LogP contribution >= 0.6 is 11.6 Å². The van der Waals surface area contributed by atoms with Gasteiger partial charge in [0, 0.05) is 16.7 Å². The maximum Gasteiger partial charge on any atom is 0.253 e. The van der Waals surface area contributed by atoms with Crippen molar-refractivity contribution < 1.29 is 4.79 Å². The quantitative estimate of drug-likeness (QED) is 0.504. The van der Waals surface area contributed by atoms with Crippen molar-refractivity contribution in [1.29, 1.82) is 10.5 Å². The minimum absolute atomic E-state index is 0.0217. The summed E-state index contributed by atoms with van der Waals surface area (Å²) >= 11 is 5.66. The van der Waals surface area contributed by atoms with Crippen molar-refractivity contribution in [1.82, 2.24) is 0 Å². The van der Waals surface area contributed by atoms with Gasteiger partial charge in [-0.25, -0.2) is 0 Å². The number of carbonyl (C=O) groups is 1. The molecule has 0 bridgehead atoms. The summed E-state index contributed by atoms with van der Waals surface area (Å²) in [5, 5.41) is 17.8. The number of hydrogen-bond donors (Lipinski definition) is 0. The third kappa shape index (κ3) is 1.84. The molecule has 0 heterocycles. The van der Waals surface area contributed by atoms with Gasteiger partial charge in [-0.1, -0.05) is 36.4 Å². The molecule has 0 fully saturated rings. The van der Waals surface area contributed by atoms with Gasteiger partial charge >= 0.3 is 0 Å². The van der Waals surface area contributed by atoms with Gasteiger partial charge in [-0.05, 0) is 34.4 Å². The van der Waals surface area contributed by atoms with E-state index >= 15 is 0 Å². The maximum absolute atomic E-state index is 11.7. The van der Waals surface area contributed by atoms with Crippen LogP contribution in [0.1, 0.15) is 21.5 Å². The van der Waals surface area contributed by atoms with E-state index in [-0.39, 0.29) is 5.57 Å². The van der Waals surface area contributed by atoms with Crippen LogP contribution in [-0.4, -0.2) is 5.24 Å². The van der Waals surface area contributed by atoms with E-state index in [4.69, 9.17) is 11.6 Å². The van der Waals surface area contributed by atoms with Crippen LogP contribution in [0.15, 0.2) is 48.0 Å². The number of halogens is 1. The van der Waals surface area contributed by atoms with Crippen molar-refractivity contribution in [2.24, 2.45) is 0 Å². The normalized spacial score (nSPS) is 11.1. The zero-order valence-electron chi connectivity index (χ0n) is 10.7. The number of nitrogens with zero attached hydrogens (tertiary/aromatic N) is 2. The van der Waals surface area contributed by atoms with E-state index in [1.54, 1.807) is 12.1 Å². The number of hydrogen-bond acceptors (Lipinski definition) is 3. The molecule has 0 N–H and O–H groups in total. The first kappa shape index (κ1) is 13.1. The van der Waals surface area contributed by atoms with Gasteiger partial charge in [-0.3, -0.25) is 4.79 Å². The Kier molecular flexibility index (Phi) is 3.06. The molecule has 2 aromatic carbocycles. The second kappa shape index (κ2) is 4.90. The Hall–Kier alpha value is -2.88. The van der Waals surface area contributed by atoms with Crippen molar-refractivity contribution in [3.05, 3.63) is 64.7 Å². The molecule has 1 aliphatic carbocycles. The van der Waals surface area contributed by atoms with Gasteiger partial charge in [0.05, 0.1) is 0 Å². The third-order valence-electron chi connectivity index (χ3n) is 3.49. The summed E-state index contributed by atoms with van der Waals surface area (Å²) in [5.41, 5.74) is 3.82. The van der Waals surface area contributed by atoms with Crippen LogP contribution in [0.4, 0.5) is 0 Å². The molecule has 0 aromatic heterocycles. The summed E-state index contributed by atoms with van der Waals surface area (Å²) in [6.45, 7) is 0. The smallest absolute Gasteiger partial charge is 0.253 e. The fraction of sp³-hybridized carbons (Fsp3) is 0. The fourth-order valence-electron chi connectivity index (χ4n) is 2.68. The van der Waals surface area contributed by atoms with Gasteiger partial charge in [0.25, 0.3) is 5.24 Å². The van der Waals surface area contributed by atoms with E-state index in [0.717, 1.165) is 16.7 Å². The average molecular weight is 291 g/mol. The highest BCUT2D eigenvalue weighted by Crippen LogP contribution is 2.47. The second-order valence-electron chi connectivity index (χ2n) is 4.52. The predicted molar refractivity (Wildman–Crippen MR) is 79.3 cm³/mol. The van der Waals surface area contributed by atoms with Crippen molar-refractivity contribution in [3.63, 3.8) is 0 Å². The van der Waals surface area contributed by atoms with Crippen LogP contribution in [0.5, 0.6) is 0 Å². The monoisotopic (exact) mass is 290 g/mol. The molecule has 3 nitrogen and oxygen atoms in total. The van der Waals surface area contributed by atoms with E-state index in [0.29, 0.717) is 16.7 Å². The van der Waals surface area contributed by atoms with Gasteiger partial charge in [0.1, 0.15) is 17.7 Å². The van der Waals surface area contributed by atoms with Crippen molar-refractivity contribution >= 4 is 22.4 Å². The maximum atomic E-state index is 11.7. The van der Waals surface area contributed by atoms with E-state index < -0.39 is 5.24 Å². The minimum atomic E-state index is -0.604. The zero-order chi connectivity index (χ0) is 15.0. The van der Waals surface area contributed by atoms with Gasteiger partial charge in [0.2, 0.25) is 0 Å². The molecule has 0 amide bonds. The molecular formula is C17H7ClN2O. The first-order valence-electron chi connectivity index (χ1n) is 6.16. The Morgan fingerprint density at radius 3 is 2.14 bits per heavy atom. The number of rotatable bonds is 1. The Bertz CT molecular complexity index is 882. The second-order valence-corrected chi connectivity index (χ2v) is 4.86. The molecule has 21 heavy (non-hydrogen) atoms. The Morgan fingerprint density at radius 2 is 1.52 bits per heavy atom. The van der Waals surface area contributed by atoms with E-state index in [9.17, 15) is 15.3 Å². The van der Waals surface area contributed by atoms with Gasteiger partial charge in [0.15, 0.2) is 0 Å². The first-order chi connectivity index (χ1) is 10.2. The summed E-state index contributed by atoms with van der Waals surface area (Å²) in [6, 6.07) is 16.5. The zero-order valence-corrected chi connectivity index (χ0v) is 11.5. The number of benzene rings is 2. The van der Waals surface area contributed by atoms with Crippen LogP contribution in [0.25, 0.3) is 16.7 Å². The van der Waals surface area contributed by atoms with Gasteiger partial charge in [-0.2, -0.15) is 10.5 Å². The molecule has 0 radical (unpaired) electrons. The molecule has 4 heteroatoms. The molecule has 0 atom stereocenters. The first-order valence-corrected chi connectivity index (χ1v) is 6.54. The van der Waals surface area contributed by atoms with Crippen LogP contribution in [0, 0.1) is 22.7 Å². The molecule has 1 aliphatic rings. The van der Waals surface area contributed by atoms with Crippen LogP contribution in [0.3, 0.4) is 0 Å². The lowest BCUT2D eigenvalue weighted by molar-refractivity contribution is 0.108. The molecule has 0 saturated carbocycles. The molecule has 0 saturated heterocycles. The SMILES string of the molecule is N#CC(C#N)=C1c2ccccc2-c2cccc(C(=O)Cl)c21. The number of carbonyl (C=O) groups excluding carboxylic acids is 1. The topological polar surface area (TPSA) is 64.7 Å². The lowest BCUT2D eigenvalue weighted by Crippen LogP contribution is -1.97. The summed E-state index contributed by atoms with van der Waals surface area (Å²) in [5.74, 6) is 0. The van der Waals surface area contributed by atoms with E-state index in [1.807, 2.05) is 42.5 Å². The number of fused-ring (bicyclic) bond motifs is 3. The lowest BCUT2D eigenvalue weighted by atomic mass is 9.95. The summed E-state index contributed by atoms with van der Waals surface area (Å²) in [4.78, 5) is 11.7. The third-order valence-corrected chi connectivity index (χ3v) is 3.69. The summed E-state index contributed by atoms with van der Waals surface area (Å²) in [6.07, 6.45) is 0.